The highest BCUT2D eigenvalue weighted by Crippen LogP contribution is 2.60. The summed E-state index contributed by atoms with van der Waals surface area (Å²) in [5, 5.41) is 22.0. The summed E-state index contributed by atoms with van der Waals surface area (Å²) in [4.78, 5) is 24.6. The summed E-state index contributed by atoms with van der Waals surface area (Å²) in [7, 11) is 0. The van der Waals surface area contributed by atoms with E-state index >= 15 is 0 Å². The van der Waals surface area contributed by atoms with Crippen molar-refractivity contribution in [2.75, 3.05) is 0 Å². The third-order valence-electron chi connectivity index (χ3n) is 6.73. The van der Waals surface area contributed by atoms with Crippen molar-refractivity contribution in [2.45, 2.75) is 58.9 Å². The van der Waals surface area contributed by atoms with E-state index in [4.69, 9.17) is 5.21 Å². The van der Waals surface area contributed by atoms with Gasteiger partial charge in [0.1, 0.15) is 5.75 Å². The molecule has 4 bridgehead atoms. The molecule has 1 atom stereocenters. The van der Waals surface area contributed by atoms with Gasteiger partial charge in [-0.1, -0.05) is 13.5 Å². The minimum absolute atomic E-state index is 0. The maximum absolute atomic E-state index is 13.1. The first-order chi connectivity index (χ1) is 12.4. The summed E-state index contributed by atoms with van der Waals surface area (Å²) in [6.07, 6.45) is 6.86. The monoisotopic (exact) mass is 374 g/mol. The fraction of sp³-hybridized carbons (Fsp3) is 0.619. The summed E-state index contributed by atoms with van der Waals surface area (Å²) in [5.41, 5.74) is 2.04. The maximum Gasteiger partial charge on any atom is 0.274 e. The van der Waals surface area contributed by atoms with Gasteiger partial charge in [-0.2, -0.15) is 0 Å². The molecular weight excluding hydrogens is 344 g/mol. The standard InChI is InChI=1S/C20H26N2O4.CH4/c1-11(16-3-2-15(7-17(16)23)18(24)22-26)21-19(25)20-8-12-4-13(9-20)6-14(5-12)10-20;/h2-3,7,11-14,23,26H,4-6,8-10H2,1H3,(H,21,25)(H,22,24);1H4. The molecule has 148 valence electrons. The molecule has 1 aromatic carbocycles. The second kappa shape index (κ2) is 7.15. The van der Waals surface area contributed by atoms with Crippen molar-refractivity contribution >= 4 is 11.8 Å². The second-order valence-electron chi connectivity index (χ2n) is 8.61. The number of rotatable bonds is 4. The maximum atomic E-state index is 13.1. The number of hydroxylamine groups is 1. The van der Waals surface area contributed by atoms with Gasteiger partial charge < -0.3 is 10.4 Å². The van der Waals surface area contributed by atoms with Gasteiger partial charge in [-0.3, -0.25) is 14.8 Å². The number of phenols is 1. The number of nitrogens with one attached hydrogen (secondary N) is 2. The molecule has 1 unspecified atom stereocenters. The Bertz CT molecular complexity index is 710. The molecule has 0 aromatic heterocycles. The average molecular weight is 374 g/mol. The summed E-state index contributed by atoms with van der Waals surface area (Å²) in [5.74, 6) is 1.47. The Labute approximate surface area is 160 Å². The number of hydrogen-bond donors (Lipinski definition) is 4. The van der Waals surface area contributed by atoms with Crippen LogP contribution in [-0.2, 0) is 4.79 Å². The van der Waals surface area contributed by atoms with Crippen molar-refractivity contribution in [3.63, 3.8) is 0 Å². The van der Waals surface area contributed by atoms with E-state index in [2.05, 4.69) is 5.32 Å². The van der Waals surface area contributed by atoms with E-state index in [-0.39, 0.29) is 36.1 Å². The molecule has 4 aliphatic carbocycles. The van der Waals surface area contributed by atoms with Gasteiger partial charge in [0, 0.05) is 16.5 Å². The van der Waals surface area contributed by atoms with E-state index in [1.807, 2.05) is 6.92 Å². The molecule has 4 aliphatic rings. The summed E-state index contributed by atoms with van der Waals surface area (Å²) >= 11 is 0. The molecule has 4 saturated carbocycles. The molecule has 1 aromatic rings. The normalized spacial score (nSPS) is 31.7. The third kappa shape index (κ3) is 3.43. The first-order valence-electron chi connectivity index (χ1n) is 9.48. The predicted octanol–water partition coefficient (Wildman–Crippen LogP) is 3.54. The van der Waals surface area contributed by atoms with Crippen LogP contribution in [0.3, 0.4) is 0 Å². The number of benzene rings is 1. The fourth-order valence-corrected chi connectivity index (χ4v) is 5.93. The largest absolute Gasteiger partial charge is 0.508 e. The predicted molar refractivity (Wildman–Crippen MR) is 101 cm³/mol. The number of phenolic OH excluding ortho intramolecular Hbond substituents is 1. The molecule has 0 spiro atoms. The van der Waals surface area contributed by atoms with Crippen LogP contribution in [0.25, 0.3) is 0 Å². The highest BCUT2D eigenvalue weighted by molar-refractivity contribution is 5.93. The second-order valence-corrected chi connectivity index (χ2v) is 8.61. The minimum Gasteiger partial charge on any atom is -0.508 e. The lowest BCUT2D eigenvalue weighted by Crippen LogP contribution is -2.53. The Hall–Kier alpha value is -2.08. The van der Waals surface area contributed by atoms with Gasteiger partial charge in [0.15, 0.2) is 0 Å². The highest BCUT2D eigenvalue weighted by Gasteiger charge is 2.54. The Balaban J connectivity index is 0.00000210. The van der Waals surface area contributed by atoms with Crippen molar-refractivity contribution in [3.8, 4) is 5.75 Å². The van der Waals surface area contributed by atoms with E-state index < -0.39 is 5.91 Å². The molecule has 6 nitrogen and oxygen atoms in total. The van der Waals surface area contributed by atoms with Gasteiger partial charge in [0.25, 0.3) is 5.91 Å². The molecule has 27 heavy (non-hydrogen) atoms. The Morgan fingerprint density at radius 3 is 2.15 bits per heavy atom. The lowest BCUT2D eigenvalue weighted by atomic mass is 9.49. The molecule has 0 aliphatic heterocycles. The average Bonchev–Trinajstić information content (AvgIpc) is 2.59. The molecule has 5 rings (SSSR count). The van der Waals surface area contributed by atoms with E-state index in [1.165, 1.54) is 31.4 Å². The minimum atomic E-state index is -0.683. The third-order valence-corrected chi connectivity index (χ3v) is 6.73. The van der Waals surface area contributed by atoms with Gasteiger partial charge in [0.2, 0.25) is 5.91 Å². The van der Waals surface area contributed by atoms with Crippen molar-refractivity contribution in [3.05, 3.63) is 29.3 Å². The first kappa shape index (κ1) is 19.7. The van der Waals surface area contributed by atoms with Crippen LogP contribution in [0.2, 0.25) is 0 Å². The molecule has 6 heteroatoms. The number of carbonyl (C=O) groups excluding carboxylic acids is 2. The van der Waals surface area contributed by atoms with Crippen LogP contribution in [0.5, 0.6) is 5.75 Å². The van der Waals surface area contributed by atoms with Crippen LogP contribution in [0, 0.1) is 23.2 Å². The molecule has 0 radical (unpaired) electrons. The van der Waals surface area contributed by atoms with Gasteiger partial charge >= 0.3 is 0 Å². The zero-order chi connectivity index (χ0) is 18.5. The lowest BCUT2D eigenvalue weighted by molar-refractivity contribution is -0.147. The van der Waals surface area contributed by atoms with Crippen LogP contribution >= 0.6 is 0 Å². The molecule has 4 N–H and O–H groups in total. The van der Waals surface area contributed by atoms with E-state index in [0.29, 0.717) is 23.3 Å². The summed E-state index contributed by atoms with van der Waals surface area (Å²) in [6, 6.07) is 4.09. The van der Waals surface area contributed by atoms with Gasteiger partial charge in [-0.15, -0.1) is 0 Å². The molecule has 4 fully saturated rings. The number of aromatic hydroxyl groups is 1. The zero-order valence-corrected chi connectivity index (χ0v) is 15.0. The van der Waals surface area contributed by atoms with Crippen molar-refractivity contribution in [1.82, 2.24) is 10.8 Å². The van der Waals surface area contributed by atoms with Crippen LogP contribution in [0.1, 0.15) is 74.8 Å². The summed E-state index contributed by atoms with van der Waals surface area (Å²) in [6.45, 7) is 1.85. The highest BCUT2D eigenvalue weighted by atomic mass is 16.5. The Kier molecular flexibility index (Phi) is 5.21. The van der Waals surface area contributed by atoms with E-state index in [9.17, 15) is 14.7 Å². The lowest BCUT2D eigenvalue weighted by Gasteiger charge is -2.55. The van der Waals surface area contributed by atoms with Crippen molar-refractivity contribution in [2.24, 2.45) is 23.2 Å². The smallest absolute Gasteiger partial charge is 0.274 e. The van der Waals surface area contributed by atoms with E-state index in [0.717, 1.165) is 19.3 Å². The van der Waals surface area contributed by atoms with Gasteiger partial charge in [0.05, 0.1) is 6.04 Å². The number of hydrogen-bond acceptors (Lipinski definition) is 4. The van der Waals surface area contributed by atoms with Crippen LogP contribution < -0.4 is 10.8 Å². The Morgan fingerprint density at radius 1 is 1.11 bits per heavy atom. The van der Waals surface area contributed by atoms with Gasteiger partial charge in [-0.25, -0.2) is 5.48 Å². The van der Waals surface area contributed by atoms with Crippen molar-refractivity contribution < 1.29 is 19.9 Å². The molecular formula is C21H30N2O4. The zero-order valence-electron chi connectivity index (χ0n) is 15.0. The number of carbonyl (C=O) groups is 2. The van der Waals surface area contributed by atoms with E-state index in [1.54, 1.807) is 11.5 Å². The number of amides is 2. The van der Waals surface area contributed by atoms with Crippen LogP contribution in [0.15, 0.2) is 18.2 Å². The molecule has 2 amide bonds. The van der Waals surface area contributed by atoms with Crippen molar-refractivity contribution in [1.29, 1.82) is 0 Å². The Morgan fingerprint density at radius 2 is 1.67 bits per heavy atom. The van der Waals surface area contributed by atoms with Crippen LogP contribution in [-0.4, -0.2) is 22.1 Å². The SMILES string of the molecule is C.CC(NC(=O)C12CC3CC(CC(C3)C1)C2)c1ccc(C(=O)NO)cc1O. The van der Waals surface area contributed by atoms with Gasteiger partial charge in [-0.05, 0) is 75.3 Å². The first-order valence-corrected chi connectivity index (χ1v) is 9.48. The topological polar surface area (TPSA) is 98.7 Å². The molecule has 0 heterocycles. The quantitative estimate of drug-likeness (QED) is 0.478. The fourth-order valence-electron chi connectivity index (χ4n) is 5.93. The summed E-state index contributed by atoms with van der Waals surface area (Å²) < 4.78 is 0. The van der Waals surface area contributed by atoms with Crippen LogP contribution in [0.4, 0.5) is 0 Å². The molecule has 0 saturated heterocycles.